The van der Waals surface area contributed by atoms with Crippen LogP contribution in [0.3, 0.4) is 0 Å². The van der Waals surface area contributed by atoms with Gasteiger partial charge in [0.15, 0.2) is 5.78 Å². The second-order valence-corrected chi connectivity index (χ2v) is 2.21. The number of rotatable bonds is 3. The Bertz CT molecular complexity index is 156. The minimum Gasteiger partial charge on any atom is -0.453 e. The van der Waals surface area contributed by atoms with Gasteiger partial charge in [-0.05, 0) is 13.3 Å². The highest BCUT2D eigenvalue weighted by Gasteiger charge is 2.13. The molecule has 0 rings (SSSR count). The molecule has 0 aliphatic carbocycles. The van der Waals surface area contributed by atoms with Gasteiger partial charge in [0.2, 0.25) is 0 Å². The predicted octanol–water partition coefficient (Wildman–Crippen LogP) is 0.710. The fourth-order valence-corrected chi connectivity index (χ4v) is 0.692. The molecule has 64 valence electrons. The van der Waals surface area contributed by atoms with Crippen molar-refractivity contribution in [2.75, 3.05) is 7.11 Å². The third-order valence-corrected chi connectivity index (χ3v) is 1.38. The maximum Gasteiger partial charge on any atom is 0.407 e. The summed E-state index contributed by atoms with van der Waals surface area (Å²) in [6.07, 6.45) is 0.0248. The van der Waals surface area contributed by atoms with Crippen molar-refractivity contribution in [1.82, 2.24) is 5.32 Å². The highest BCUT2D eigenvalue weighted by molar-refractivity contribution is 5.85. The summed E-state index contributed by atoms with van der Waals surface area (Å²) in [5.41, 5.74) is 0. The lowest BCUT2D eigenvalue weighted by Gasteiger charge is -2.11. The highest BCUT2D eigenvalue weighted by Crippen LogP contribution is 1.92. The fraction of sp³-hybridized carbons (Fsp3) is 0.714. The third kappa shape index (κ3) is 3.60. The maximum absolute atomic E-state index is 10.8. The van der Waals surface area contributed by atoms with Gasteiger partial charge in [0, 0.05) is 0 Å². The Balaban J connectivity index is 3.88. The van der Waals surface area contributed by atoms with Gasteiger partial charge in [0.1, 0.15) is 0 Å². The quantitative estimate of drug-likeness (QED) is 0.659. The molecule has 0 bridgehead atoms. The van der Waals surface area contributed by atoms with Crippen LogP contribution in [-0.2, 0) is 9.53 Å². The zero-order valence-corrected chi connectivity index (χ0v) is 7.01. The lowest BCUT2D eigenvalue weighted by molar-refractivity contribution is -0.118. The number of carbonyl (C=O) groups is 2. The van der Waals surface area contributed by atoms with Crippen LogP contribution in [-0.4, -0.2) is 25.0 Å². The largest absolute Gasteiger partial charge is 0.453 e. The normalized spacial score (nSPS) is 11.9. The second-order valence-electron chi connectivity index (χ2n) is 2.21. The number of methoxy groups -OCH3 is 1. The number of carbonyl (C=O) groups excluding carboxylic acids is 2. The predicted molar refractivity (Wildman–Crippen MR) is 40.3 cm³/mol. The standard InChI is InChI=1S/C7H13NO3/c1-4-6(5(2)9)8-7(10)11-3/h6H,4H2,1-3H3,(H,8,10). The first-order valence-corrected chi connectivity index (χ1v) is 3.46. The first-order chi connectivity index (χ1) is 5.11. The monoisotopic (exact) mass is 159 g/mol. The van der Waals surface area contributed by atoms with Crippen LogP contribution < -0.4 is 5.32 Å². The molecule has 0 saturated carbocycles. The fourth-order valence-electron chi connectivity index (χ4n) is 0.692. The molecule has 0 fully saturated rings. The number of hydrogen-bond acceptors (Lipinski definition) is 3. The summed E-state index contributed by atoms with van der Waals surface area (Å²) in [5.74, 6) is -0.0575. The summed E-state index contributed by atoms with van der Waals surface area (Å²) in [6, 6.07) is -0.414. The number of nitrogens with one attached hydrogen (secondary N) is 1. The Labute approximate surface area is 65.9 Å². The SMILES string of the molecule is CCC(NC(=O)OC)C(C)=O. The minimum absolute atomic E-state index is 0.0575. The average Bonchev–Trinajstić information content (AvgIpc) is 1.99. The van der Waals surface area contributed by atoms with Gasteiger partial charge >= 0.3 is 6.09 Å². The van der Waals surface area contributed by atoms with Crippen molar-refractivity contribution in [1.29, 1.82) is 0 Å². The van der Waals surface area contributed by atoms with Crippen LogP contribution in [0.25, 0.3) is 0 Å². The van der Waals surface area contributed by atoms with Crippen LogP contribution in [0.15, 0.2) is 0 Å². The zero-order chi connectivity index (χ0) is 8.85. The van der Waals surface area contributed by atoms with Crippen molar-refractivity contribution in [3.8, 4) is 0 Å². The van der Waals surface area contributed by atoms with Crippen molar-refractivity contribution in [2.45, 2.75) is 26.3 Å². The van der Waals surface area contributed by atoms with Crippen molar-refractivity contribution >= 4 is 11.9 Å². The molecular weight excluding hydrogens is 146 g/mol. The molecule has 0 spiro atoms. The molecule has 1 unspecified atom stereocenters. The number of hydrogen-bond donors (Lipinski definition) is 1. The number of ether oxygens (including phenoxy) is 1. The summed E-state index contributed by atoms with van der Waals surface area (Å²) in [5, 5.41) is 2.41. The number of ketones is 1. The molecule has 1 amide bonds. The van der Waals surface area contributed by atoms with E-state index in [1.165, 1.54) is 14.0 Å². The van der Waals surface area contributed by atoms with Gasteiger partial charge in [-0.25, -0.2) is 4.79 Å². The maximum atomic E-state index is 10.8. The van der Waals surface area contributed by atoms with Crippen LogP contribution in [0.5, 0.6) is 0 Å². The summed E-state index contributed by atoms with van der Waals surface area (Å²) < 4.78 is 4.33. The summed E-state index contributed by atoms with van der Waals surface area (Å²) in [4.78, 5) is 21.4. The van der Waals surface area contributed by atoms with E-state index in [-0.39, 0.29) is 5.78 Å². The summed E-state index contributed by atoms with van der Waals surface area (Å²) in [7, 11) is 1.27. The molecule has 11 heavy (non-hydrogen) atoms. The van der Waals surface area contributed by atoms with E-state index in [2.05, 4.69) is 10.1 Å². The van der Waals surface area contributed by atoms with Crippen molar-refractivity contribution < 1.29 is 14.3 Å². The minimum atomic E-state index is -0.563. The average molecular weight is 159 g/mol. The lowest BCUT2D eigenvalue weighted by Crippen LogP contribution is -2.39. The molecule has 4 heteroatoms. The molecule has 0 aromatic rings. The van der Waals surface area contributed by atoms with Crippen LogP contribution in [0.1, 0.15) is 20.3 Å². The molecule has 0 aromatic carbocycles. The zero-order valence-electron chi connectivity index (χ0n) is 7.01. The first-order valence-electron chi connectivity index (χ1n) is 3.46. The van der Waals surface area contributed by atoms with E-state index in [0.717, 1.165) is 0 Å². The van der Waals surface area contributed by atoms with Crippen molar-refractivity contribution in [3.05, 3.63) is 0 Å². The van der Waals surface area contributed by atoms with Gasteiger partial charge in [-0.15, -0.1) is 0 Å². The van der Waals surface area contributed by atoms with E-state index >= 15 is 0 Å². The molecule has 0 heterocycles. The molecule has 0 radical (unpaired) electrons. The number of Topliss-reactive ketones (excluding diaryl/α,β-unsaturated/α-hetero) is 1. The molecule has 1 atom stereocenters. The van der Waals surface area contributed by atoms with Gasteiger partial charge in [-0.1, -0.05) is 6.92 Å². The summed E-state index contributed by atoms with van der Waals surface area (Å²) in [6.45, 7) is 3.26. The Morgan fingerprint density at radius 3 is 2.36 bits per heavy atom. The van der Waals surface area contributed by atoms with Gasteiger partial charge in [0.25, 0.3) is 0 Å². The molecule has 0 saturated heterocycles. The smallest absolute Gasteiger partial charge is 0.407 e. The van der Waals surface area contributed by atoms with E-state index in [1.54, 1.807) is 0 Å². The topological polar surface area (TPSA) is 55.4 Å². The Morgan fingerprint density at radius 1 is 1.55 bits per heavy atom. The summed E-state index contributed by atoms with van der Waals surface area (Å²) >= 11 is 0. The lowest BCUT2D eigenvalue weighted by atomic mass is 10.1. The molecule has 0 aliphatic rings. The van der Waals surface area contributed by atoms with Crippen LogP contribution in [0.4, 0.5) is 4.79 Å². The molecule has 0 aromatic heterocycles. The van der Waals surface area contributed by atoms with Crippen LogP contribution in [0, 0.1) is 0 Å². The van der Waals surface area contributed by atoms with Gasteiger partial charge in [-0.3, -0.25) is 4.79 Å². The molecule has 4 nitrogen and oxygen atoms in total. The molecular formula is C7H13NO3. The van der Waals surface area contributed by atoms with Gasteiger partial charge in [0.05, 0.1) is 13.2 Å². The van der Waals surface area contributed by atoms with E-state index in [9.17, 15) is 9.59 Å². The van der Waals surface area contributed by atoms with Crippen LogP contribution >= 0.6 is 0 Å². The van der Waals surface area contributed by atoms with E-state index in [4.69, 9.17) is 0 Å². The van der Waals surface area contributed by atoms with Crippen LogP contribution in [0.2, 0.25) is 0 Å². The number of alkyl carbamates (subject to hydrolysis) is 1. The second kappa shape index (κ2) is 4.71. The van der Waals surface area contributed by atoms with E-state index in [1.807, 2.05) is 6.92 Å². The van der Waals surface area contributed by atoms with Crippen molar-refractivity contribution in [2.24, 2.45) is 0 Å². The van der Waals surface area contributed by atoms with Gasteiger partial charge in [-0.2, -0.15) is 0 Å². The van der Waals surface area contributed by atoms with E-state index in [0.29, 0.717) is 6.42 Å². The molecule has 1 N–H and O–H groups in total. The molecule has 0 aliphatic heterocycles. The van der Waals surface area contributed by atoms with Crippen molar-refractivity contribution in [3.63, 3.8) is 0 Å². The highest BCUT2D eigenvalue weighted by atomic mass is 16.5. The Hall–Kier alpha value is -1.06. The third-order valence-electron chi connectivity index (χ3n) is 1.38. The number of amides is 1. The van der Waals surface area contributed by atoms with E-state index < -0.39 is 12.1 Å². The Kier molecular flexibility index (Phi) is 4.26. The first kappa shape index (κ1) is 9.94. The van der Waals surface area contributed by atoms with Gasteiger partial charge < -0.3 is 10.1 Å². The Morgan fingerprint density at radius 2 is 2.09 bits per heavy atom.